The van der Waals surface area contributed by atoms with Crippen molar-refractivity contribution < 1.29 is 54.6 Å². The first-order chi connectivity index (χ1) is 16.7. The van der Waals surface area contributed by atoms with E-state index in [2.05, 4.69) is 19.0 Å². The summed E-state index contributed by atoms with van der Waals surface area (Å²) in [5.41, 5.74) is 1.92. The summed E-state index contributed by atoms with van der Waals surface area (Å²) in [5.74, 6) is -0.712. The van der Waals surface area contributed by atoms with Crippen LogP contribution in [0.4, 0.5) is 8.78 Å². The minimum atomic E-state index is -4.90. The van der Waals surface area contributed by atoms with E-state index in [1.807, 2.05) is 0 Å². The number of ether oxygens (including phenoxy) is 3. The van der Waals surface area contributed by atoms with Gasteiger partial charge in [-0.25, -0.2) is 9.68 Å². The topological polar surface area (TPSA) is 116 Å². The average Bonchev–Trinajstić information content (AvgIpc) is 2.86. The molecule has 2 aromatic rings. The second-order valence-corrected chi connectivity index (χ2v) is 9.30. The zero-order chi connectivity index (χ0) is 25.4. The van der Waals surface area contributed by atoms with Gasteiger partial charge in [0.2, 0.25) is 4.24 Å². The molecule has 1 saturated heterocycles. The van der Waals surface area contributed by atoms with Crippen molar-refractivity contribution in [1.82, 2.24) is 0 Å². The Hall–Kier alpha value is -2.59. The Bertz CT molecular complexity index is 1130. The van der Waals surface area contributed by atoms with Gasteiger partial charge in [0, 0.05) is 11.5 Å². The van der Waals surface area contributed by atoms with E-state index in [1.165, 1.54) is 31.4 Å². The first kappa shape index (κ1) is 27.0. The lowest BCUT2D eigenvalue weighted by Crippen LogP contribution is -2.25. The normalized spacial score (nSPS) is 18.1. The summed E-state index contributed by atoms with van der Waals surface area (Å²) in [5, 5.41) is 3.93. The highest BCUT2D eigenvalue weighted by molar-refractivity contribution is 8.14. The van der Waals surface area contributed by atoms with Crippen LogP contribution >= 0.6 is 12.0 Å². The van der Waals surface area contributed by atoms with Crippen LogP contribution in [0.15, 0.2) is 58.8 Å². The fraction of sp³-hybridized carbons (Fsp3) is 0.286. The summed E-state index contributed by atoms with van der Waals surface area (Å²) in [6.45, 7) is 0.666. The Balaban J connectivity index is 1.58. The van der Waals surface area contributed by atoms with E-state index < -0.39 is 32.7 Å². The molecule has 1 aliphatic heterocycles. The van der Waals surface area contributed by atoms with E-state index in [9.17, 15) is 22.0 Å². The lowest BCUT2D eigenvalue weighted by molar-refractivity contribution is -0.447. The predicted molar refractivity (Wildman–Crippen MR) is 117 cm³/mol. The van der Waals surface area contributed by atoms with Crippen LogP contribution < -0.4 is 4.18 Å². The second kappa shape index (κ2) is 12.4. The molecule has 1 heterocycles. The van der Waals surface area contributed by atoms with E-state index in [4.69, 9.17) is 13.7 Å². The van der Waals surface area contributed by atoms with E-state index in [-0.39, 0.29) is 23.7 Å². The number of hydrogen-bond donors (Lipinski definition) is 0. The van der Waals surface area contributed by atoms with Gasteiger partial charge in [-0.05, 0) is 29.8 Å². The van der Waals surface area contributed by atoms with Crippen LogP contribution in [0.1, 0.15) is 33.7 Å². The molecule has 0 spiro atoms. The highest BCUT2D eigenvalue weighted by Crippen LogP contribution is 2.33. The highest BCUT2D eigenvalue weighted by Gasteiger charge is 2.29. The molecule has 0 aliphatic carbocycles. The molecule has 0 atom stereocenters. The van der Waals surface area contributed by atoms with Gasteiger partial charge in [-0.1, -0.05) is 29.3 Å². The SMILES string of the molecule is COOOSC(=C(F)F)S(=O)(=O)Oc1ccc(C2OCC(c3ccc(C(=O)OC)cc3)CO2)cc1. The number of hydrogen-bond acceptors (Lipinski definition) is 11. The molecule has 0 amide bonds. The summed E-state index contributed by atoms with van der Waals surface area (Å²) < 4.78 is 73.9. The molecule has 190 valence electrons. The van der Waals surface area contributed by atoms with Crippen LogP contribution in [-0.2, 0) is 38.6 Å². The van der Waals surface area contributed by atoms with Crippen molar-refractivity contribution in [3.63, 3.8) is 0 Å². The number of halogens is 2. The van der Waals surface area contributed by atoms with Gasteiger partial charge in [0.05, 0.1) is 45.0 Å². The fourth-order valence-corrected chi connectivity index (χ4v) is 4.34. The van der Waals surface area contributed by atoms with Gasteiger partial charge in [0.1, 0.15) is 5.75 Å². The number of rotatable bonds is 10. The molecule has 2 aromatic carbocycles. The van der Waals surface area contributed by atoms with Crippen molar-refractivity contribution in [3.8, 4) is 5.75 Å². The largest absolute Gasteiger partial charge is 0.465 e. The van der Waals surface area contributed by atoms with Gasteiger partial charge < -0.3 is 18.4 Å². The van der Waals surface area contributed by atoms with Gasteiger partial charge in [0.15, 0.2) is 6.29 Å². The van der Waals surface area contributed by atoms with Crippen LogP contribution in [0.25, 0.3) is 0 Å². The Labute approximate surface area is 203 Å². The van der Waals surface area contributed by atoms with Crippen molar-refractivity contribution in [2.75, 3.05) is 27.4 Å². The van der Waals surface area contributed by atoms with Crippen LogP contribution in [0.5, 0.6) is 5.75 Å². The molecule has 0 radical (unpaired) electrons. The van der Waals surface area contributed by atoms with Crippen LogP contribution in [0.2, 0.25) is 0 Å². The fourth-order valence-electron chi connectivity index (χ4n) is 2.98. The van der Waals surface area contributed by atoms with Gasteiger partial charge in [-0.2, -0.15) is 17.2 Å². The summed E-state index contributed by atoms with van der Waals surface area (Å²) in [6, 6.07) is 12.4. The Morgan fingerprint density at radius 3 is 2.11 bits per heavy atom. The lowest BCUT2D eigenvalue weighted by Gasteiger charge is -2.30. The van der Waals surface area contributed by atoms with Gasteiger partial charge in [-0.15, -0.1) is 4.33 Å². The number of esters is 1. The van der Waals surface area contributed by atoms with Gasteiger partial charge in [0.25, 0.3) is 0 Å². The second-order valence-electron chi connectivity index (χ2n) is 6.85. The average molecular weight is 535 g/mol. The summed E-state index contributed by atoms with van der Waals surface area (Å²) in [4.78, 5) is 15.6. The number of carbonyl (C=O) groups is 1. The quantitative estimate of drug-likeness (QED) is 0.109. The number of benzene rings is 2. The molecule has 0 unspecified atom stereocenters. The van der Waals surface area contributed by atoms with Crippen LogP contribution in [-0.4, -0.2) is 41.8 Å². The molecule has 0 saturated carbocycles. The maximum Gasteiger partial charge on any atom is 0.353 e. The van der Waals surface area contributed by atoms with E-state index in [1.54, 1.807) is 24.3 Å². The first-order valence-corrected chi connectivity index (χ1v) is 12.0. The Kier molecular flexibility index (Phi) is 9.56. The zero-order valence-electron chi connectivity index (χ0n) is 18.3. The molecule has 14 heteroatoms. The third-order valence-corrected chi connectivity index (χ3v) is 6.91. The molecule has 0 bridgehead atoms. The standard InChI is InChI=1S/C21H20F2O10S2/c1-27-19(24)14-5-3-13(4-6-14)16-11-29-20(30-12-16)15-7-9-17(10-8-15)31-35(25,26)21(18(22)23)34-33-32-28-2/h3-10,16,20H,11-12H2,1-2H3. The van der Waals surface area contributed by atoms with Crippen molar-refractivity contribution in [3.05, 3.63) is 75.5 Å². The van der Waals surface area contributed by atoms with Crippen molar-refractivity contribution in [2.24, 2.45) is 0 Å². The maximum atomic E-state index is 13.0. The summed E-state index contributed by atoms with van der Waals surface area (Å²) >= 11 is -0.286. The summed E-state index contributed by atoms with van der Waals surface area (Å²) in [6.07, 6.45) is -3.27. The van der Waals surface area contributed by atoms with Crippen LogP contribution in [0.3, 0.4) is 0 Å². The molecule has 0 aromatic heterocycles. The van der Waals surface area contributed by atoms with Gasteiger partial charge >= 0.3 is 22.2 Å². The van der Waals surface area contributed by atoms with E-state index >= 15 is 0 Å². The first-order valence-electron chi connectivity index (χ1n) is 9.80. The molecule has 3 rings (SSSR count). The lowest BCUT2D eigenvalue weighted by atomic mass is 9.98. The molecule has 0 N–H and O–H groups in total. The van der Waals surface area contributed by atoms with Crippen molar-refractivity contribution in [1.29, 1.82) is 0 Å². The number of methoxy groups -OCH3 is 1. The third-order valence-electron chi connectivity index (χ3n) is 4.65. The molecule has 1 aliphatic rings. The monoisotopic (exact) mass is 534 g/mol. The molecule has 10 nitrogen and oxygen atoms in total. The number of carbonyl (C=O) groups excluding carboxylic acids is 1. The molecular weight excluding hydrogens is 514 g/mol. The van der Waals surface area contributed by atoms with E-state index in [0.717, 1.165) is 12.7 Å². The minimum absolute atomic E-state index is 0.0618. The summed E-state index contributed by atoms with van der Waals surface area (Å²) in [7, 11) is -2.56. The van der Waals surface area contributed by atoms with E-state index in [0.29, 0.717) is 24.3 Å². The minimum Gasteiger partial charge on any atom is -0.465 e. The van der Waals surface area contributed by atoms with Crippen LogP contribution in [0, 0.1) is 0 Å². The van der Waals surface area contributed by atoms with Crippen molar-refractivity contribution in [2.45, 2.75) is 12.2 Å². The Morgan fingerprint density at radius 1 is 0.971 bits per heavy atom. The maximum absolute atomic E-state index is 13.0. The smallest absolute Gasteiger partial charge is 0.353 e. The predicted octanol–water partition coefficient (Wildman–Crippen LogP) is 4.23. The molecule has 1 fully saturated rings. The highest BCUT2D eigenvalue weighted by atomic mass is 32.3. The van der Waals surface area contributed by atoms with Gasteiger partial charge in [-0.3, -0.25) is 0 Å². The molecular formula is C21H20F2O10S2. The molecule has 35 heavy (non-hydrogen) atoms. The Morgan fingerprint density at radius 2 is 1.57 bits per heavy atom. The van der Waals surface area contributed by atoms with Crippen molar-refractivity contribution >= 4 is 28.1 Å². The zero-order valence-corrected chi connectivity index (χ0v) is 20.0. The third kappa shape index (κ3) is 7.20.